The highest BCUT2D eigenvalue weighted by Gasteiger charge is 2.30. The molecule has 120 valence electrons. The lowest BCUT2D eigenvalue weighted by molar-refractivity contribution is 0.0192. The number of carbonyl (C=O) groups excluding carboxylic acids is 1. The number of hydrogen-bond donors (Lipinski definition) is 1. The Balaban J connectivity index is 0.00000361. The van der Waals surface area contributed by atoms with Crippen LogP contribution in [0.5, 0.6) is 0 Å². The molecule has 1 N–H and O–H groups in total. The van der Waals surface area contributed by atoms with Crippen molar-refractivity contribution in [2.24, 2.45) is 0 Å². The van der Waals surface area contributed by atoms with Crippen LogP contribution in [0.1, 0.15) is 20.8 Å². The maximum atomic E-state index is 12.1. The topological polar surface area (TPSA) is 76.9 Å². The number of hydrogen-bond acceptors (Lipinski definition) is 4. The SMILES string of the molecule is CN(C)S(=N)(=O)N1CCN(C(=O)OC(C)(C)C)CC1.Cl. The van der Waals surface area contributed by atoms with Crippen LogP contribution in [0.25, 0.3) is 0 Å². The summed E-state index contributed by atoms with van der Waals surface area (Å²) >= 11 is 0. The molecule has 1 aliphatic heterocycles. The van der Waals surface area contributed by atoms with Gasteiger partial charge in [-0.1, -0.05) is 0 Å². The largest absolute Gasteiger partial charge is 0.444 e. The average molecular weight is 329 g/mol. The van der Waals surface area contributed by atoms with E-state index in [1.165, 1.54) is 4.31 Å². The van der Waals surface area contributed by atoms with Crippen LogP contribution in [-0.4, -0.2) is 69.7 Å². The molecule has 0 aliphatic carbocycles. The van der Waals surface area contributed by atoms with Gasteiger partial charge in [0.2, 0.25) is 0 Å². The van der Waals surface area contributed by atoms with E-state index in [2.05, 4.69) is 0 Å². The summed E-state index contributed by atoms with van der Waals surface area (Å²) < 4.78 is 28.2. The summed E-state index contributed by atoms with van der Waals surface area (Å²) in [6, 6.07) is 0. The number of piperazine rings is 1. The maximum Gasteiger partial charge on any atom is 0.410 e. The monoisotopic (exact) mass is 328 g/mol. The normalized spacial score (nSPS) is 20.2. The van der Waals surface area contributed by atoms with Crippen LogP contribution < -0.4 is 0 Å². The van der Waals surface area contributed by atoms with Gasteiger partial charge in [-0.05, 0) is 20.8 Å². The summed E-state index contributed by atoms with van der Waals surface area (Å²) in [6.07, 6.45) is -0.353. The molecule has 0 bridgehead atoms. The molecule has 1 unspecified atom stereocenters. The van der Waals surface area contributed by atoms with Gasteiger partial charge in [-0.25, -0.2) is 22.4 Å². The highest BCUT2D eigenvalue weighted by atomic mass is 35.5. The quantitative estimate of drug-likeness (QED) is 0.832. The van der Waals surface area contributed by atoms with E-state index in [-0.39, 0.29) is 18.5 Å². The minimum absolute atomic E-state index is 0. The number of amides is 1. The molecule has 7 nitrogen and oxygen atoms in total. The summed E-state index contributed by atoms with van der Waals surface area (Å²) in [4.78, 5) is 13.5. The number of nitrogens with zero attached hydrogens (tertiary/aromatic N) is 3. The molecule has 0 aromatic heterocycles. The van der Waals surface area contributed by atoms with Crippen molar-refractivity contribution in [3.05, 3.63) is 0 Å². The molecule has 9 heteroatoms. The van der Waals surface area contributed by atoms with Gasteiger partial charge < -0.3 is 9.64 Å². The first-order valence-corrected chi connectivity index (χ1v) is 7.70. The second kappa shape index (κ2) is 6.93. The molecule has 1 aliphatic rings. The van der Waals surface area contributed by atoms with E-state index in [1.54, 1.807) is 23.3 Å². The number of halogens is 1. The van der Waals surface area contributed by atoms with Crippen LogP contribution in [0.3, 0.4) is 0 Å². The Labute approximate surface area is 127 Å². The van der Waals surface area contributed by atoms with E-state index in [0.29, 0.717) is 26.2 Å². The van der Waals surface area contributed by atoms with Crippen LogP contribution in [0.15, 0.2) is 0 Å². The number of nitrogens with one attached hydrogen (secondary N) is 1. The van der Waals surface area contributed by atoms with Crippen molar-refractivity contribution in [2.75, 3.05) is 40.3 Å². The van der Waals surface area contributed by atoms with Gasteiger partial charge in [0.25, 0.3) is 0 Å². The van der Waals surface area contributed by atoms with Crippen molar-refractivity contribution in [1.29, 1.82) is 4.78 Å². The minimum atomic E-state index is -2.90. The summed E-state index contributed by atoms with van der Waals surface area (Å²) in [5.74, 6) is 0. The zero-order chi connectivity index (χ0) is 14.8. The fourth-order valence-electron chi connectivity index (χ4n) is 1.68. The molecule has 1 fully saturated rings. The van der Waals surface area contributed by atoms with Gasteiger partial charge in [0.05, 0.1) is 0 Å². The molecule has 0 radical (unpaired) electrons. The molecule has 1 atom stereocenters. The lowest BCUT2D eigenvalue weighted by Crippen LogP contribution is -2.53. The Morgan fingerprint density at radius 2 is 1.65 bits per heavy atom. The lowest BCUT2D eigenvalue weighted by Gasteiger charge is -2.37. The number of carbonyl (C=O) groups is 1. The second-order valence-corrected chi connectivity index (χ2v) is 7.95. The molecule has 0 aromatic rings. The molecule has 20 heavy (non-hydrogen) atoms. The molecular weight excluding hydrogens is 304 g/mol. The van der Waals surface area contributed by atoms with Gasteiger partial charge >= 0.3 is 6.09 Å². The molecule has 1 amide bonds. The van der Waals surface area contributed by atoms with Gasteiger partial charge in [0.1, 0.15) is 5.60 Å². The molecule has 1 heterocycles. The van der Waals surface area contributed by atoms with Crippen molar-refractivity contribution in [3.63, 3.8) is 0 Å². The van der Waals surface area contributed by atoms with Crippen LogP contribution in [0.2, 0.25) is 0 Å². The van der Waals surface area contributed by atoms with Crippen molar-refractivity contribution in [2.45, 2.75) is 26.4 Å². The van der Waals surface area contributed by atoms with Crippen LogP contribution in [0, 0.1) is 4.78 Å². The fraction of sp³-hybridized carbons (Fsp3) is 0.909. The summed E-state index contributed by atoms with van der Waals surface area (Å²) in [5.41, 5.74) is -0.513. The van der Waals surface area contributed by atoms with Crippen molar-refractivity contribution in [3.8, 4) is 0 Å². The van der Waals surface area contributed by atoms with Crippen LogP contribution >= 0.6 is 12.4 Å². The van der Waals surface area contributed by atoms with Crippen molar-refractivity contribution >= 4 is 28.6 Å². The molecule has 1 rings (SSSR count). The Hall–Kier alpha value is -0.570. The van der Waals surface area contributed by atoms with Crippen LogP contribution in [0.4, 0.5) is 4.79 Å². The summed E-state index contributed by atoms with van der Waals surface area (Å²) in [5, 5.41) is 0. The maximum absolute atomic E-state index is 12.1. The second-order valence-electron chi connectivity index (χ2n) is 5.71. The van der Waals surface area contributed by atoms with E-state index in [1.807, 2.05) is 20.8 Å². The van der Waals surface area contributed by atoms with Crippen LogP contribution in [-0.2, 0) is 14.8 Å². The van der Waals surface area contributed by atoms with Gasteiger partial charge in [-0.3, -0.25) is 0 Å². The zero-order valence-electron chi connectivity index (χ0n) is 12.7. The smallest absolute Gasteiger partial charge is 0.410 e. The minimum Gasteiger partial charge on any atom is -0.444 e. The highest BCUT2D eigenvalue weighted by molar-refractivity contribution is 7.87. The van der Waals surface area contributed by atoms with Gasteiger partial charge in [0.15, 0.2) is 10.1 Å². The molecule has 1 saturated heterocycles. The Morgan fingerprint density at radius 3 is 2.00 bits per heavy atom. The highest BCUT2D eigenvalue weighted by Crippen LogP contribution is 2.14. The molecule has 0 spiro atoms. The third-order valence-electron chi connectivity index (χ3n) is 2.74. The molecule has 0 saturated carbocycles. The standard InChI is InChI=1S/C11H24N4O3S.ClH/c1-11(2,3)18-10(16)14-6-8-15(9-7-14)19(12,17)13(4)5;/h12H,6-9H2,1-5H3;1H. The predicted octanol–water partition coefficient (Wildman–Crippen LogP) is 1.40. The Morgan fingerprint density at radius 1 is 1.20 bits per heavy atom. The first-order valence-electron chi connectivity index (χ1n) is 6.23. The van der Waals surface area contributed by atoms with Gasteiger partial charge in [-0.15, -0.1) is 12.4 Å². The van der Waals surface area contributed by atoms with Crippen molar-refractivity contribution in [1.82, 2.24) is 13.5 Å². The van der Waals surface area contributed by atoms with Gasteiger partial charge in [0, 0.05) is 40.3 Å². The summed E-state index contributed by atoms with van der Waals surface area (Å²) in [6.45, 7) is 7.16. The number of ether oxygens (including phenoxy) is 1. The Kier molecular flexibility index (Phi) is 6.73. The zero-order valence-corrected chi connectivity index (χ0v) is 14.3. The van der Waals surface area contributed by atoms with Gasteiger partial charge in [-0.2, -0.15) is 0 Å². The molecular formula is C11H25ClN4O3S. The third kappa shape index (κ3) is 5.08. The summed E-state index contributed by atoms with van der Waals surface area (Å²) in [7, 11) is 0.345. The number of rotatable bonds is 2. The lowest BCUT2D eigenvalue weighted by atomic mass is 10.2. The Bertz CT molecular complexity index is 425. The first-order chi connectivity index (χ1) is 8.54. The van der Waals surface area contributed by atoms with E-state index in [0.717, 1.165) is 0 Å². The first kappa shape index (κ1) is 19.4. The van der Waals surface area contributed by atoms with E-state index >= 15 is 0 Å². The molecule has 0 aromatic carbocycles. The fourth-order valence-corrected chi connectivity index (χ4v) is 2.80. The van der Waals surface area contributed by atoms with E-state index in [4.69, 9.17) is 9.52 Å². The predicted molar refractivity (Wildman–Crippen MR) is 81.2 cm³/mol. The average Bonchev–Trinajstić information content (AvgIpc) is 2.26. The van der Waals surface area contributed by atoms with E-state index < -0.39 is 15.7 Å². The van der Waals surface area contributed by atoms with E-state index in [9.17, 15) is 9.00 Å². The van der Waals surface area contributed by atoms with Crippen molar-refractivity contribution < 1.29 is 13.7 Å². The third-order valence-corrected chi connectivity index (χ3v) is 4.79.